The summed E-state index contributed by atoms with van der Waals surface area (Å²) in [5, 5.41) is 0.761. The van der Waals surface area contributed by atoms with Gasteiger partial charge in [0, 0.05) is 0 Å². The number of aliphatic imine (C=N–C) groups is 1. The van der Waals surface area contributed by atoms with E-state index in [1.165, 1.54) is 0 Å². The summed E-state index contributed by atoms with van der Waals surface area (Å²) in [6, 6.07) is 12.3. The molecule has 0 fully saturated rings. The first-order chi connectivity index (χ1) is 11.1. The van der Waals surface area contributed by atoms with Crippen LogP contribution in [0.25, 0.3) is 6.08 Å². The molecule has 0 bridgehead atoms. The fourth-order valence-corrected chi connectivity index (χ4v) is 2.49. The van der Waals surface area contributed by atoms with E-state index < -0.39 is 5.97 Å². The smallest absolute Gasteiger partial charge is 0.363 e. The van der Waals surface area contributed by atoms with Crippen LogP contribution in [0.15, 0.2) is 53.2 Å². The van der Waals surface area contributed by atoms with Gasteiger partial charge >= 0.3 is 5.97 Å². The Kier molecular flexibility index (Phi) is 4.37. The van der Waals surface area contributed by atoms with Crippen molar-refractivity contribution in [2.75, 3.05) is 7.11 Å². The van der Waals surface area contributed by atoms with Crippen LogP contribution in [-0.2, 0) is 9.53 Å². The Morgan fingerprint density at radius 2 is 1.91 bits per heavy atom. The molecule has 1 heterocycles. The average molecular weight is 348 g/mol. The van der Waals surface area contributed by atoms with Gasteiger partial charge in [0.15, 0.2) is 5.70 Å². The molecule has 0 N–H and O–H groups in total. The Morgan fingerprint density at radius 3 is 2.70 bits per heavy atom. The number of carbonyl (C=O) groups excluding carboxylic acids is 1. The molecule has 1 aliphatic rings. The monoisotopic (exact) mass is 347 g/mol. The molecule has 0 aromatic heterocycles. The van der Waals surface area contributed by atoms with Gasteiger partial charge in [-0.3, -0.25) is 0 Å². The minimum atomic E-state index is -0.554. The number of halogens is 2. The van der Waals surface area contributed by atoms with Gasteiger partial charge in [0.25, 0.3) is 0 Å². The molecule has 0 aliphatic carbocycles. The predicted molar refractivity (Wildman–Crippen MR) is 90.1 cm³/mol. The first kappa shape index (κ1) is 15.6. The number of benzene rings is 2. The SMILES string of the molecule is COc1ccccc1C1=NC(=Cc2cccc(Cl)c2Cl)C(=O)O1. The van der Waals surface area contributed by atoms with E-state index in [1.807, 2.05) is 12.1 Å². The van der Waals surface area contributed by atoms with E-state index in [9.17, 15) is 4.79 Å². The maximum Gasteiger partial charge on any atom is 0.363 e. The molecule has 4 nitrogen and oxygen atoms in total. The van der Waals surface area contributed by atoms with Crippen molar-refractivity contribution in [1.29, 1.82) is 0 Å². The van der Waals surface area contributed by atoms with Crippen molar-refractivity contribution in [2.45, 2.75) is 0 Å². The third-order valence-corrected chi connectivity index (χ3v) is 4.07. The highest BCUT2D eigenvalue weighted by molar-refractivity contribution is 6.43. The quantitative estimate of drug-likeness (QED) is 0.612. The fourth-order valence-electron chi connectivity index (χ4n) is 2.12. The lowest BCUT2D eigenvalue weighted by Crippen LogP contribution is -2.06. The maximum atomic E-state index is 12.0. The Labute approximate surface area is 143 Å². The lowest BCUT2D eigenvalue weighted by Gasteiger charge is -2.05. The summed E-state index contributed by atoms with van der Waals surface area (Å²) >= 11 is 12.1. The highest BCUT2D eigenvalue weighted by Crippen LogP contribution is 2.29. The summed E-state index contributed by atoms with van der Waals surface area (Å²) < 4.78 is 10.5. The number of ether oxygens (including phenoxy) is 2. The van der Waals surface area contributed by atoms with Gasteiger partial charge < -0.3 is 9.47 Å². The molecule has 0 radical (unpaired) electrons. The van der Waals surface area contributed by atoms with Crippen molar-refractivity contribution in [3.63, 3.8) is 0 Å². The van der Waals surface area contributed by atoms with Crippen molar-refractivity contribution >= 4 is 41.1 Å². The second-order valence-corrected chi connectivity index (χ2v) is 5.46. The zero-order chi connectivity index (χ0) is 16.4. The van der Waals surface area contributed by atoms with Crippen LogP contribution in [0, 0.1) is 0 Å². The Bertz CT molecular complexity index is 843. The molecule has 0 saturated carbocycles. The van der Waals surface area contributed by atoms with Gasteiger partial charge in [0.2, 0.25) is 5.90 Å². The van der Waals surface area contributed by atoms with E-state index in [4.69, 9.17) is 32.7 Å². The minimum Gasteiger partial charge on any atom is -0.496 e. The topological polar surface area (TPSA) is 47.9 Å². The number of rotatable bonds is 3. The van der Waals surface area contributed by atoms with Gasteiger partial charge in [-0.15, -0.1) is 0 Å². The molecule has 2 aromatic carbocycles. The Hall–Kier alpha value is -2.30. The Morgan fingerprint density at radius 1 is 1.13 bits per heavy atom. The molecule has 116 valence electrons. The van der Waals surface area contributed by atoms with Crippen LogP contribution in [0.4, 0.5) is 0 Å². The molecule has 0 saturated heterocycles. The summed E-state index contributed by atoms with van der Waals surface area (Å²) in [5.74, 6) is 0.208. The third-order valence-electron chi connectivity index (χ3n) is 3.23. The van der Waals surface area contributed by atoms with Crippen LogP contribution in [0.5, 0.6) is 5.75 Å². The van der Waals surface area contributed by atoms with E-state index in [0.29, 0.717) is 26.9 Å². The molecule has 0 amide bonds. The lowest BCUT2D eigenvalue weighted by molar-refractivity contribution is -0.129. The van der Waals surface area contributed by atoms with Crippen molar-refractivity contribution < 1.29 is 14.3 Å². The van der Waals surface area contributed by atoms with E-state index in [2.05, 4.69) is 4.99 Å². The molecule has 2 aromatic rings. The summed E-state index contributed by atoms with van der Waals surface area (Å²) in [6.07, 6.45) is 1.54. The highest BCUT2D eigenvalue weighted by atomic mass is 35.5. The molecule has 3 rings (SSSR count). The lowest BCUT2D eigenvalue weighted by atomic mass is 10.2. The minimum absolute atomic E-state index is 0.148. The predicted octanol–water partition coefficient (Wildman–Crippen LogP) is 4.35. The van der Waals surface area contributed by atoms with Crippen molar-refractivity contribution in [3.8, 4) is 5.75 Å². The molecule has 6 heteroatoms. The second kappa shape index (κ2) is 6.44. The third kappa shape index (κ3) is 3.09. The van der Waals surface area contributed by atoms with Crippen LogP contribution in [-0.4, -0.2) is 19.0 Å². The summed E-state index contributed by atoms with van der Waals surface area (Å²) in [7, 11) is 1.54. The number of cyclic esters (lactones) is 1. The number of para-hydroxylation sites is 1. The number of hydrogen-bond acceptors (Lipinski definition) is 4. The molecule has 1 aliphatic heterocycles. The Balaban J connectivity index is 2.02. The summed E-state index contributed by atoms with van der Waals surface area (Å²) in [6.45, 7) is 0. The first-order valence-corrected chi connectivity index (χ1v) is 7.45. The number of carbonyl (C=O) groups is 1. The van der Waals surface area contributed by atoms with Crippen LogP contribution in [0.3, 0.4) is 0 Å². The van der Waals surface area contributed by atoms with Crippen molar-refractivity contribution in [1.82, 2.24) is 0 Å². The molecular weight excluding hydrogens is 337 g/mol. The zero-order valence-electron chi connectivity index (χ0n) is 12.0. The van der Waals surface area contributed by atoms with Crippen LogP contribution in [0.2, 0.25) is 10.0 Å². The van der Waals surface area contributed by atoms with E-state index in [-0.39, 0.29) is 11.6 Å². The molecule has 0 spiro atoms. The number of hydrogen-bond donors (Lipinski definition) is 0. The van der Waals surface area contributed by atoms with Gasteiger partial charge in [-0.1, -0.05) is 47.5 Å². The van der Waals surface area contributed by atoms with E-state index >= 15 is 0 Å². The molecular formula is C17H11Cl2NO3. The van der Waals surface area contributed by atoms with Gasteiger partial charge in [-0.25, -0.2) is 9.79 Å². The normalized spacial score (nSPS) is 15.5. The molecule has 0 atom stereocenters. The average Bonchev–Trinajstić information content (AvgIpc) is 2.92. The molecule has 23 heavy (non-hydrogen) atoms. The van der Waals surface area contributed by atoms with Gasteiger partial charge in [0.1, 0.15) is 5.75 Å². The van der Waals surface area contributed by atoms with Crippen LogP contribution >= 0.6 is 23.2 Å². The van der Waals surface area contributed by atoms with Crippen LogP contribution in [0.1, 0.15) is 11.1 Å². The number of esters is 1. The first-order valence-electron chi connectivity index (χ1n) is 6.70. The van der Waals surface area contributed by atoms with Crippen LogP contribution < -0.4 is 4.74 Å². The van der Waals surface area contributed by atoms with Gasteiger partial charge in [-0.2, -0.15) is 0 Å². The summed E-state index contributed by atoms with van der Waals surface area (Å²) in [4.78, 5) is 16.3. The largest absolute Gasteiger partial charge is 0.496 e. The number of nitrogens with zero attached hydrogens (tertiary/aromatic N) is 1. The standard InChI is InChI=1S/C17H11Cl2NO3/c1-22-14-8-3-2-6-11(14)16-20-13(17(21)23-16)9-10-5-4-7-12(18)15(10)19/h2-9H,1H3. The molecule has 0 unspecified atom stereocenters. The number of methoxy groups -OCH3 is 1. The highest BCUT2D eigenvalue weighted by Gasteiger charge is 2.26. The fraction of sp³-hybridized carbons (Fsp3) is 0.0588. The van der Waals surface area contributed by atoms with Gasteiger partial charge in [0.05, 0.1) is 22.7 Å². The van der Waals surface area contributed by atoms with Gasteiger partial charge in [-0.05, 0) is 29.8 Å². The van der Waals surface area contributed by atoms with E-state index in [0.717, 1.165) is 0 Å². The zero-order valence-corrected chi connectivity index (χ0v) is 13.6. The summed E-state index contributed by atoms with van der Waals surface area (Å²) in [5.41, 5.74) is 1.34. The second-order valence-electron chi connectivity index (χ2n) is 4.68. The van der Waals surface area contributed by atoms with E-state index in [1.54, 1.807) is 43.5 Å². The van der Waals surface area contributed by atoms with Crippen molar-refractivity contribution in [2.24, 2.45) is 4.99 Å². The van der Waals surface area contributed by atoms with Crippen molar-refractivity contribution in [3.05, 3.63) is 69.3 Å². The maximum absolute atomic E-state index is 12.0.